The topological polar surface area (TPSA) is 0 Å². The van der Waals surface area contributed by atoms with Gasteiger partial charge >= 0.3 is 0 Å². The van der Waals surface area contributed by atoms with Gasteiger partial charge in [0.15, 0.2) is 0 Å². The lowest BCUT2D eigenvalue weighted by Crippen LogP contribution is -2.08. The van der Waals surface area contributed by atoms with Crippen LogP contribution in [-0.2, 0) is 0 Å². The second-order valence-electron chi connectivity index (χ2n) is 6.70. The molecule has 2 rings (SSSR count). The Balaban J connectivity index is 1.71. The molecule has 2 fully saturated rings. The van der Waals surface area contributed by atoms with E-state index in [0.29, 0.717) is 0 Å². The van der Waals surface area contributed by atoms with Crippen molar-refractivity contribution in [1.29, 1.82) is 0 Å². The summed E-state index contributed by atoms with van der Waals surface area (Å²) in [6.07, 6.45) is 8.92. The fraction of sp³-hybridized carbons (Fsp3) is 1.00. The van der Waals surface area contributed by atoms with Gasteiger partial charge in [-0.15, -0.1) is 0 Å². The third-order valence-corrected chi connectivity index (χ3v) is 5.35. The molecule has 0 aromatic carbocycles. The summed E-state index contributed by atoms with van der Waals surface area (Å²) in [4.78, 5) is 0. The van der Waals surface area contributed by atoms with Gasteiger partial charge in [0.1, 0.15) is 0 Å². The first kappa shape index (κ1) is 11.5. The first-order valence-electron chi connectivity index (χ1n) is 7.07. The predicted octanol–water partition coefficient (Wildman–Crippen LogP) is 4.89. The van der Waals surface area contributed by atoms with Crippen molar-refractivity contribution < 1.29 is 0 Å². The summed E-state index contributed by atoms with van der Waals surface area (Å²) in [6, 6.07) is 0. The number of hydrogen-bond acceptors (Lipinski definition) is 0. The van der Waals surface area contributed by atoms with E-state index in [9.17, 15) is 0 Å². The molecule has 88 valence electrons. The van der Waals surface area contributed by atoms with E-state index in [1.807, 2.05) is 0 Å². The molecule has 0 radical (unpaired) electrons. The molecule has 0 aromatic rings. The van der Waals surface area contributed by atoms with Crippen LogP contribution in [0.4, 0.5) is 0 Å². The van der Waals surface area contributed by atoms with Gasteiger partial charge in [-0.1, -0.05) is 34.1 Å². The van der Waals surface area contributed by atoms with Gasteiger partial charge in [-0.2, -0.15) is 0 Å². The molecule has 2 saturated carbocycles. The van der Waals surface area contributed by atoms with E-state index in [1.165, 1.54) is 38.5 Å². The molecule has 0 heteroatoms. The van der Waals surface area contributed by atoms with Gasteiger partial charge in [0.05, 0.1) is 0 Å². The molecule has 0 N–H and O–H groups in total. The Hall–Kier alpha value is 0. The Kier molecular flexibility index (Phi) is 3.14. The lowest BCUT2D eigenvalue weighted by atomic mass is 9.88. The summed E-state index contributed by atoms with van der Waals surface area (Å²) in [5, 5.41) is 0. The maximum absolute atomic E-state index is 2.53. The molecule has 0 aliphatic heterocycles. The van der Waals surface area contributed by atoms with Crippen molar-refractivity contribution in [3.63, 3.8) is 0 Å². The monoisotopic (exact) mass is 208 g/mol. The molecule has 4 unspecified atom stereocenters. The molecule has 0 amide bonds. The normalized spacial score (nSPS) is 38.8. The van der Waals surface area contributed by atoms with Crippen LogP contribution in [0.15, 0.2) is 0 Å². The molecule has 0 aromatic heterocycles. The molecule has 15 heavy (non-hydrogen) atoms. The van der Waals surface area contributed by atoms with E-state index in [4.69, 9.17) is 0 Å². The largest absolute Gasteiger partial charge is 0.0651 e. The van der Waals surface area contributed by atoms with E-state index >= 15 is 0 Å². The van der Waals surface area contributed by atoms with Gasteiger partial charge in [-0.3, -0.25) is 0 Å². The zero-order chi connectivity index (χ0) is 11.1. The smallest absolute Gasteiger partial charge is 0.0292 e. The molecule has 0 nitrogen and oxygen atoms in total. The minimum absolute atomic E-state index is 0.735. The lowest BCUT2D eigenvalue weighted by molar-refractivity contribution is 0.329. The van der Waals surface area contributed by atoms with E-state index in [-0.39, 0.29) is 0 Å². The summed E-state index contributed by atoms with van der Waals surface area (Å²) in [5.74, 6) is 4.13. The van der Waals surface area contributed by atoms with Crippen LogP contribution in [0.3, 0.4) is 0 Å². The fourth-order valence-electron chi connectivity index (χ4n) is 3.36. The van der Waals surface area contributed by atoms with Gasteiger partial charge in [0.25, 0.3) is 0 Å². The minimum Gasteiger partial charge on any atom is -0.0651 e. The standard InChI is InChI=1S/C15H28/c1-5-11(2)14-10-15(14,4)9-8-12(3)13-6-7-13/h11-14H,5-10H2,1-4H3. The fourth-order valence-corrected chi connectivity index (χ4v) is 3.36. The van der Waals surface area contributed by atoms with Crippen molar-refractivity contribution in [1.82, 2.24) is 0 Å². The third-order valence-electron chi connectivity index (χ3n) is 5.35. The quantitative estimate of drug-likeness (QED) is 0.583. The van der Waals surface area contributed by atoms with Crippen molar-refractivity contribution in [2.75, 3.05) is 0 Å². The zero-order valence-electron chi connectivity index (χ0n) is 11.1. The summed E-state index contributed by atoms with van der Waals surface area (Å²) >= 11 is 0. The summed E-state index contributed by atoms with van der Waals surface area (Å²) in [7, 11) is 0. The summed E-state index contributed by atoms with van der Waals surface area (Å²) < 4.78 is 0. The van der Waals surface area contributed by atoms with E-state index in [1.54, 1.807) is 0 Å². The highest BCUT2D eigenvalue weighted by Gasteiger charge is 2.51. The minimum atomic E-state index is 0.735. The average Bonchev–Trinajstić information content (AvgIpc) is 3.08. The Labute approximate surface area is 95.8 Å². The third kappa shape index (κ3) is 2.57. The van der Waals surface area contributed by atoms with Crippen LogP contribution < -0.4 is 0 Å². The highest BCUT2D eigenvalue weighted by molar-refractivity contribution is 5.01. The second-order valence-corrected chi connectivity index (χ2v) is 6.70. The molecule has 0 bridgehead atoms. The first-order valence-corrected chi connectivity index (χ1v) is 7.07. The molecule has 0 spiro atoms. The van der Waals surface area contributed by atoms with Crippen LogP contribution in [0.25, 0.3) is 0 Å². The molecule has 2 aliphatic carbocycles. The van der Waals surface area contributed by atoms with E-state index in [2.05, 4.69) is 27.7 Å². The van der Waals surface area contributed by atoms with Crippen molar-refractivity contribution in [3.8, 4) is 0 Å². The van der Waals surface area contributed by atoms with Gasteiger partial charge in [0.2, 0.25) is 0 Å². The first-order chi connectivity index (χ1) is 7.07. The van der Waals surface area contributed by atoms with Crippen molar-refractivity contribution in [2.45, 2.75) is 66.2 Å². The molecule has 0 heterocycles. The summed E-state index contributed by atoms with van der Waals surface area (Å²) in [6.45, 7) is 9.79. The van der Waals surface area contributed by atoms with Crippen LogP contribution in [0.5, 0.6) is 0 Å². The van der Waals surface area contributed by atoms with Gasteiger partial charge in [0, 0.05) is 0 Å². The molecule has 4 atom stereocenters. The van der Waals surface area contributed by atoms with Crippen LogP contribution in [0.1, 0.15) is 66.2 Å². The van der Waals surface area contributed by atoms with Gasteiger partial charge < -0.3 is 0 Å². The average molecular weight is 208 g/mol. The Morgan fingerprint density at radius 1 is 1.20 bits per heavy atom. The van der Waals surface area contributed by atoms with Crippen LogP contribution in [0, 0.1) is 29.1 Å². The van der Waals surface area contributed by atoms with E-state index < -0.39 is 0 Å². The Morgan fingerprint density at radius 3 is 2.40 bits per heavy atom. The van der Waals surface area contributed by atoms with Crippen LogP contribution in [0.2, 0.25) is 0 Å². The molecular weight excluding hydrogens is 180 g/mol. The van der Waals surface area contributed by atoms with Gasteiger partial charge in [-0.05, 0) is 61.2 Å². The van der Waals surface area contributed by atoms with Crippen LogP contribution >= 0.6 is 0 Å². The van der Waals surface area contributed by atoms with Crippen LogP contribution in [-0.4, -0.2) is 0 Å². The molecule has 0 saturated heterocycles. The molecule has 2 aliphatic rings. The molecular formula is C15H28. The van der Waals surface area contributed by atoms with Gasteiger partial charge in [-0.25, -0.2) is 0 Å². The van der Waals surface area contributed by atoms with E-state index in [0.717, 1.165) is 29.1 Å². The Morgan fingerprint density at radius 2 is 1.87 bits per heavy atom. The Bertz CT molecular complexity index is 216. The SMILES string of the molecule is CCC(C)C1CC1(C)CCC(C)C1CC1. The number of rotatable bonds is 6. The highest BCUT2D eigenvalue weighted by atomic mass is 14.6. The second kappa shape index (κ2) is 4.11. The maximum atomic E-state index is 2.53. The lowest BCUT2D eigenvalue weighted by Gasteiger charge is -2.17. The maximum Gasteiger partial charge on any atom is -0.0292 e. The van der Waals surface area contributed by atoms with Crippen molar-refractivity contribution in [2.24, 2.45) is 29.1 Å². The predicted molar refractivity (Wildman–Crippen MR) is 66.8 cm³/mol. The highest BCUT2D eigenvalue weighted by Crippen LogP contribution is 2.60. The zero-order valence-corrected chi connectivity index (χ0v) is 11.1. The summed E-state index contributed by atoms with van der Waals surface area (Å²) in [5.41, 5.74) is 0.735. The number of hydrogen-bond donors (Lipinski definition) is 0. The van der Waals surface area contributed by atoms with Crippen molar-refractivity contribution >= 4 is 0 Å². The van der Waals surface area contributed by atoms with Crippen molar-refractivity contribution in [3.05, 3.63) is 0 Å².